The third-order valence-electron chi connectivity index (χ3n) is 5.20. The molecule has 1 aliphatic rings. The van der Waals surface area contributed by atoms with Gasteiger partial charge in [-0.2, -0.15) is 0 Å². The monoisotopic (exact) mass is 339 g/mol. The largest absolute Gasteiger partial charge is 0.497 e. The van der Waals surface area contributed by atoms with Crippen molar-refractivity contribution in [2.75, 3.05) is 20.3 Å². The maximum absolute atomic E-state index is 13.0. The number of ketones is 1. The highest BCUT2D eigenvalue weighted by Gasteiger charge is 2.41. The van der Waals surface area contributed by atoms with Crippen molar-refractivity contribution in [2.45, 2.75) is 31.7 Å². The van der Waals surface area contributed by atoms with E-state index in [-0.39, 0.29) is 12.4 Å². The van der Waals surface area contributed by atoms with E-state index < -0.39 is 5.54 Å². The van der Waals surface area contributed by atoms with Gasteiger partial charge < -0.3 is 15.2 Å². The summed E-state index contributed by atoms with van der Waals surface area (Å²) in [6, 6.07) is 13.8. The Kier molecular flexibility index (Phi) is 5.21. The second-order valence-corrected chi connectivity index (χ2v) is 6.70. The lowest BCUT2D eigenvalue weighted by atomic mass is 9.77. The van der Waals surface area contributed by atoms with Crippen LogP contribution in [0.25, 0.3) is 0 Å². The molecule has 0 heterocycles. The van der Waals surface area contributed by atoms with Crippen molar-refractivity contribution >= 4 is 5.78 Å². The van der Waals surface area contributed by atoms with Crippen LogP contribution in [0.4, 0.5) is 0 Å². The lowest BCUT2D eigenvalue weighted by Crippen LogP contribution is -2.57. The zero-order valence-electron chi connectivity index (χ0n) is 14.8. The van der Waals surface area contributed by atoms with Crippen LogP contribution in [-0.4, -0.2) is 36.7 Å². The molecule has 2 aromatic rings. The Bertz CT molecular complexity index is 771. The molecular formula is C21H25NO3. The summed E-state index contributed by atoms with van der Waals surface area (Å²) in [6.45, 7) is 2.56. The first-order valence-electron chi connectivity index (χ1n) is 8.72. The van der Waals surface area contributed by atoms with Crippen molar-refractivity contribution in [2.24, 2.45) is 0 Å². The SMILES string of the molecule is COc1ccc2c(c1)CCC(CO)(NCCc1ccccc1C)C2=O. The fraction of sp³-hybridized carbons (Fsp3) is 0.381. The number of carbonyl (C=O) groups is 1. The van der Waals surface area contributed by atoms with Gasteiger partial charge in [0.15, 0.2) is 5.78 Å². The second-order valence-electron chi connectivity index (χ2n) is 6.70. The molecule has 0 saturated heterocycles. The summed E-state index contributed by atoms with van der Waals surface area (Å²) in [5.74, 6) is 0.735. The lowest BCUT2D eigenvalue weighted by Gasteiger charge is -2.36. The van der Waals surface area contributed by atoms with Crippen molar-refractivity contribution in [3.05, 3.63) is 64.7 Å². The van der Waals surface area contributed by atoms with Gasteiger partial charge in [0.1, 0.15) is 11.3 Å². The van der Waals surface area contributed by atoms with Crippen LogP contribution in [0.15, 0.2) is 42.5 Å². The number of aryl methyl sites for hydroxylation is 2. The van der Waals surface area contributed by atoms with Gasteiger partial charge in [-0.05, 0) is 61.1 Å². The quantitative estimate of drug-likeness (QED) is 0.850. The van der Waals surface area contributed by atoms with Gasteiger partial charge in [-0.15, -0.1) is 0 Å². The molecule has 3 rings (SSSR count). The molecule has 2 N–H and O–H groups in total. The molecule has 132 valence electrons. The molecule has 1 atom stereocenters. The maximum atomic E-state index is 13.0. The highest BCUT2D eigenvalue weighted by atomic mass is 16.5. The zero-order chi connectivity index (χ0) is 17.9. The molecule has 0 aliphatic heterocycles. The fourth-order valence-electron chi connectivity index (χ4n) is 3.55. The lowest BCUT2D eigenvalue weighted by molar-refractivity contribution is 0.0707. The van der Waals surface area contributed by atoms with Crippen LogP contribution in [0.3, 0.4) is 0 Å². The normalized spacial score (nSPS) is 19.6. The molecule has 0 aromatic heterocycles. The second kappa shape index (κ2) is 7.38. The van der Waals surface area contributed by atoms with E-state index in [0.717, 1.165) is 24.2 Å². The van der Waals surface area contributed by atoms with E-state index in [2.05, 4.69) is 24.4 Å². The third kappa shape index (κ3) is 3.46. The van der Waals surface area contributed by atoms with E-state index in [1.165, 1.54) is 11.1 Å². The standard InChI is InChI=1S/C21H25NO3/c1-15-5-3-4-6-16(15)10-12-22-21(14-23)11-9-17-13-18(25-2)7-8-19(17)20(21)24/h3-8,13,22-23H,9-12,14H2,1-2H3. The number of Topliss-reactive ketones (excluding diaryl/α,β-unsaturated/α-hetero) is 1. The van der Waals surface area contributed by atoms with Gasteiger partial charge in [0, 0.05) is 12.1 Å². The molecule has 0 fully saturated rings. The van der Waals surface area contributed by atoms with Crippen LogP contribution in [0.5, 0.6) is 5.75 Å². The average molecular weight is 339 g/mol. The van der Waals surface area contributed by atoms with Crippen molar-refractivity contribution in [3.63, 3.8) is 0 Å². The Morgan fingerprint density at radius 2 is 2.04 bits per heavy atom. The van der Waals surface area contributed by atoms with Crippen LogP contribution in [0.1, 0.15) is 33.5 Å². The number of methoxy groups -OCH3 is 1. The van der Waals surface area contributed by atoms with Crippen LogP contribution in [-0.2, 0) is 12.8 Å². The molecule has 1 unspecified atom stereocenters. The number of aliphatic hydroxyl groups excluding tert-OH is 1. The number of hydrogen-bond acceptors (Lipinski definition) is 4. The van der Waals surface area contributed by atoms with E-state index in [4.69, 9.17) is 4.74 Å². The maximum Gasteiger partial charge on any atom is 0.185 e. The Hall–Kier alpha value is -2.17. The Labute approximate surface area is 148 Å². The van der Waals surface area contributed by atoms with Gasteiger partial charge in [-0.25, -0.2) is 0 Å². The van der Waals surface area contributed by atoms with Gasteiger partial charge >= 0.3 is 0 Å². The first kappa shape index (κ1) is 17.6. The summed E-state index contributed by atoms with van der Waals surface area (Å²) in [5.41, 5.74) is 3.30. The van der Waals surface area contributed by atoms with E-state index in [9.17, 15) is 9.90 Å². The number of aliphatic hydroxyl groups is 1. The zero-order valence-corrected chi connectivity index (χ0v) is 14.8. The van der Waals surface area contributed by atoms with Gasteiger partial charge in [0.2, 0.25) is 0 Å². The summed E-state index contributed by atoms with van der Waals surface area (Å²) in [4.78, 5) is 13.0. The van der Waals surface area contributed by atoms with Crippen molar-refractivity contribution in [1.29, 1.82) is 0 Å². The van der Waals surface area contributed by atoms with Crippen LogP contribution in [0, 0.1) is 6.92 Å². The number of benzene rings is 2. The minimum atomic E-state index is -0.885. The van der Waals surface area contributed by atoms with Crippen molar-refractivity contribution < 1.29 is 14.6 Å². The molecule has 1 aliphatic carbocycles. The molecule has 4 nitrogen and oxygen atoms in total. The van der Waals surface area contributed by atoms with Crippen molar-refractivity contribution in [3.8, 4) is 5.75 Å². The molecule has 0 saturated carbocycles. The molecular weight excluding hydrogens is 314 g/mol. The summed E-state index contributed by atoms with van der Waals surface area (Å²) >= 11 is 0. The average Bonchev–Trinajstić information content (AvgIpc) is 2.65. The Morgan fingerprint density at radius 1 is 1.24 bits per heavy atom. The van der Waals surface area contributed by atoms with Gasteiger partial charge in [-0.1, -0.05) is 24.3 Å². The summed E-state index contributed by atoms with van der Waals surface area (Å²) in [5, 5.41) is 13.3. The van der Waals surface area contributed by atoms with Crippen molar-refractivity contribution in [1.82, 2.24) is 5.32 Å². The fourth-order valence-corrected chi connectivity index (χ4v) is 3.55. The molecule has 0 radical (unpaired) electrons. The highest BCUT2D eigenvalue weighted by Crippen LogP contribution is 2.31. The van der Waals surface area contributed by atoms with E-state index in [1.54, 1.807) is 13.2 Å². The van der Waals surface area contributed by atoms with E-state index in [1.807, 2.05) is 24.3 Å². The van der Waals surface area contributed by atoms with E-state index in [0.29, 0.717) is 18.5 Å². The first-order chi connectivity index (χ1) is 12.1. The smallest absolute Gasteiger partial charge is 0.185 e. The molecule has 0 bridgehead atoms. The van der Waals surface area contributed by atoms with Gasteiger partial charge in [-0.3, -0.25) is 4.79 Å². The molecule has 4 heteroatoms. The van der Waals surface area contributed by atoms with Crippen LogP contribution >= 0.6 is 0 Å². The highest BCUT2D eigenvalue weighted by molar-refractivity contribution is 6.05. The number of carbonyl (C=O) groups excluding carboxylic acids is 1. The number of hydrogen-bond donors (Lipinski definition) is 2. The minimum absolute atomic E-state index is 0.0244. The molecule has 25 heavy (non-hydrogen) atoms. The summed E-state index contributed by atoms with van der Waals surface area (Å²) in [7, 11) is 1.62. The van der Waals surface area contributed by atoms with Crippen LogP contribution < -0.4 is 10.1 Å². The molecule has 2 aromatic carbocycles. The van der Waals surface area contributed by atoms with Crippen LogP contribution in [0.2, 0.25) is 0 Å². The predicted molar refractivity (Wildman–Crippen MR) is 98.3 cm³/mol. The topological polar surface area (TPSA) is 58.6 Å². The number of fused-ring (bicyclic) bond motifs is 1. The molecule has 0 amide bonds. The number of ether oxygens (including phenoxy) is 1. The van der Waals surface area contributed by atoms with Gasteiger partial charge in [0.05, 0.1) is 13.7 Å². The third-order valence-corrected chi connectivity index (χ3v) is 5.20. The summed E-state index contributed by atoms with van der Waals surface area (Å²) in [6.07, 6.45) is 2.17. The Balaban J connectivity index is 1.74. The number of nitrogens with one attached hydrogen (secondary N) is 1. The van der Waals surface area contributed by atoms with Gasteiger partial charge in [0.25, 0.3) is 0 Å². The van der Waals surface area contributed by atoms with E-state index >= 15 is 0 Å². The summed E-state index contributed by atoms with van der Waals surface area (Å²) < 4.78 is 5.24. The predicted octanol–water partition coefficient (Wildman–Crippen LogP) is 2.70. The number of rotatable bonds is 6. The Morgan fingerprint density at radius 3 is 2.76 bits per heavy atom. The molecule has 0 spiro atoms. The first-order valence-corrected chi connectivity index (χ1v) is 8.72. The minimum Gasteiger partial charge on any atom is -0.497 e.